The molecule has 1 aromatic carbocycles. The van der Waals surface area contributed by atoms with Crippen LogP contribution in [0.2, 0.25) is 0 Å². The molecule has 2 aromatic rings. The van der Waals surface area contributed by atoms with E-state index < -0.39 is 6.61 Å². The molecule has 7 heteroatoms. The lowest BCUT2D eigenvalue weighted by Gasteiger charge is -2.10. The van der Waals surface area contributed by atoms with E-state index in [9.17, 15) is 8.78 Å². The summed E-state index contributed by atoms with van der Waals surface area (Å²) in [5.41, 5.74) is 5.30. The summed E-state index contributed by atoms with van der Waals surface area (Å²) in [7, 11) is 0. The highest BCUT2D eigenvalue weighted by Gasteiger charge is 2.11. The highest BCUT2D eigenvalue weighted by molar-refractivity contribution is 6.01. The fourth-order valence-corrected chi connectivity index (χ4v) is 1.93. The van der Waals surface area contributed by atoms with Gasteiger partial charge in [-0.3, -0.25) is 0 Å². The van der Waals surface area contributed by atoms with Crippen molar-refractivity contribution in [2.24, 2.45) is 5.10 Å². The van der Waals surface area contributed by atoms with E-state index in [-0.39, 0.29) is 5.75 Å². The van der Waals surface area contributed by atoms with E-state index in [4.69, 9.17) is 0 Å². The van der Waals surface area contributed by atoms with Gasteiger partial charge in [0, 0.05) is 17.0 Å². The zero-order valence-corrected chi connectivity index (χ0v) is 12.5. The van der Waals surface area contributed by atoms with Crippen molar-refractivity contribution in [3.63, 3.8) is 0 Å². The van der Waals surface area contributed by atoms with E-state index in [1.807, 2.05) is 19.9 Å². The van der Waals surface area contributed by atoms with Gasteiger partial charge in [0.05, 0.1) is 5.71 Å². The van der Waals surface area contributed by atoms with Gasteiger partial charge in [0.15, 0.2) is 0 Å². The van der Waals surface area contributed by atoms with Crippen LogP contribution < -0.4 is 10.2 Å². The second kappa shape index (κ2) is 6.93. The van der Waals surface area contributed by atoms with E-state index >= 15 is 0 Å². The Bertz CT molecular complexity index is 669. The van der Waals surface area contributed by atoms with Crippen LogP contribution in [0.3, 0.4) is 0 Å². The minimum Gasteiger partial charge on any atom is -0.434 e. The summed E-state index contributed by atoms with van der Waals surface area (Å²) in [5.74, 6) is 0.422. The quantitative estimate of drug-likeness (QED) is 0.678. The number of anilines is 1. The Balaban J connectivity index is 2.22. The number of aromatic nitrogens is 2. The fraction of sp³-hybridized carbons (Fsp3) is 0.267. The van der Waals surface area contributed by atoms with E-state index in [0.29, 0.717) is 17.2 Å². The number of nitrogens with zero attached hydrogens (tertiary/aromatic N) is 3. The summed E-state index contributed by atoms with van der Waals surface area (Å²) in [6.07, 6.45) is 0. The number of rotatable bonds is 5. The van der Waals surface area contributed by atoms with Crippen LogP contribution in [0.4, 0.5) is 14.7 Å². The molecule has 0 saturated carbocycles. The number of benzene rings is 1. The zero-order chi connectivity index (χ0) is 16.1. The number of ether oxygens (including phenoxy) is 1. The maximum atomic E-state index is 12.4. The monoisotopic (exact) mass is 306 g/mol. The molecule has 0 aliphatic carbocycles. The minimum absolute atomic E-state index is 0.0712. The van der Waals surface area contributed by atoms with Gasteiger partial charge in [0.1, 0.15) is 5.75 Å². The number of para-hydroxylation sites is 1. The first-order chi connectivity index (χ1) is 10.5. The third-order valence-electron chi connectivity index (χ3n) is 2.80. The van der Waals surface area contributed by atoms with Gasteiger partial charge in [-0.25, -0.2) is 15.4 Å². The van der Waals surface area contributed by atoms with E-state index in [1.165, 1.54) is 6.07 Å². The Morgan fingerprint density at radius 3 is 2.45 bits per heavy atom. The molecule has 0 amide bonds. The molecule has 2 rings (SSSR count). The maximum absolute atomic E-state index is 12.4. The van der Waals surface area contributed by atoms with Crippen molar-refractivity contribution in [3.8, 4) is 5.75 Å². The molecule has 5 nitrogen and oxygen atoms in total. The number of hydrogen-bond acceptors (Lipinski definition) is 5. The van der Waals surface area contributed by atoms with Crippen molar-refractivity contribution in [1.82, 2.24) is 9.97 Å². The average molecular weight is 306 g/mol. The molecule has 0 bridgehead atoms. The lowest BCUT2D eigenvalue weighted by Crippen LogP contribution is -2.08. The van der Waals surface area contributed by atoms with Crippen LogP contribution in [-0.2, 0) is 0 Å². The number of aryl methyl sites for hydroxylation is 2. The third-order valence-corrected chi connectivity index (χ3v) is 2.80. The smallest absolute Gasteiger partial charge is 0.387 e. The Morgan fingerprint density at radius 2 is 1.82 bits per heavy atom. The molecule has 0 unspecified atom stereocenters. The fourth-order valence-electron chi connectivity index (χ4n) is 1.93. The highest BCUT2D eigenvalue weighted by atomic mass is 19.3. The minimum atomic E-state index is -2.88. The molecule has 0 fully saturated rings. The Kier molecular flexibility index (Phi) is 4.98. The van der Waals surface area contributed by atoms with Crippen LogP contribution in [0.15, 0.2) is 35.4 Å². The summed E-state index contributed by atoms with van der Waals surface area (Å²) >= 11 is 0. The second-order valence-electron chi connectivity index (χ2n) is 4.66. The molecular weight excluding hydrogens is 290 g/mol. The van der Waals surface area contributed by atoms with Crippen LogP contribution in [0, 0.1) is 13.8 Å². The summed E-state index contributed by atoms with van der Waals surface area (Å²) in [4.78, 5) is 8.38. The summed E-state index contributed by atoms with van der Waals surface area (Å²) < 4.78 is 29.3. The van der Waals surface area contributed by atoms with Crippen LogP contribution in [0.1, 0.15) is 23.9 Å². The van der Waals surface area contributed by atoms with Crippen molar-refractivity contribution in [2.75, 3.05) is 5.43 Å². The van der Waals surface area contributed by atoms with Gasteiger partial charge >= 0.3 is 6.61 Å². The van der Waals surface area contributed by atoms with Crippen LogP contribution in [0.5, 0.6) is 5.75 Å². The van der Waals surface area contributed by atoms with Crippen LogP contribution in [0.25, 0.3) is 0 Å². The molecule has 0 atom stereocenters. The summed E-state index contributed by atoms with van der Waals surface area (Å²) in [6.45, 7) is 2.50. The van der Waals surface area contributed by atoms with Gasteiger partial charge in [-0.2, -0.15) is 13.9 Å². The molecule has 1 aromatic heterocycles. The highest BCUT2D eigenvalue weighted by Crippen LogP contribution is 2.21. The predicted molar refractivity (Wildman–Crippen MR) is 80.4 cm³/mol. The van der Waals surface area contributed by atoms with E-state index in [0.717, 1.165) is 11.4 Å². The molecule has 116 valence electrons. The molecule has 0 aliphatic rings. The Labute approximate surface area is 127 Å². The average Bonchev–Trinajstić information content (AvgIpc) is 2.44. The third kappa shape index (κ3) is 4.21. The molecule has 0 radical (unpaired) electrons. The lowest BCUT2D eigenvalue weighted by molar-refractivity contribution is -0.0499. The van der Waals surface area contributed by atoms with Gasteiger partial charge < -0.3 is 4.74 Å². The van der Waals surface area contributed by atoms with Crippen LogP contribution in [-0.4, -0.2) is 22.3 Å². The van der Waals surface area contributed by atoms with Gasteiger partial charge in [-0.15, -0.1) is 0 Å². The first-order valence-electron chi connectivity index (χ1n) is 6.62. The maximum Gasteiger partial charge on any atom is 0.387 e. The number of hydrogen-bond donors (Lipinski definition) is 1. The summed E-state index contributed by atoms with van der Waals surface area (Å²) in [6, 6.07) is 8.30. The van der Waals surface area contributed by atoms with Crippen molar-refractivity contribution in [2.45, 2.75) is 27.4 Å². The SMILES string of the molecule is C/C(=N\Nc1nc(C)cc(C)n1)c1ccccc1OC(F)F. The summed E-state index contributed by atoms with van der Waals surface area (Å²) in [5, 5.41) is 4.13. The Hall–Kier alpha value is -2.57. The molecule has 1 N–H and O–H groups in total. The number of hydrazone groups is 1. The van der Waals surface area contributed by atoms with Crippen LogP contribution >= 0.6 is 0 Å². The standard InChI is InChI=1S/C15H16F2N4O/c1-9-8-10(2)19-15(18-9)21-20-11(3)12-6-4-5-7-13(12)22-14(16)17/h4-8,14H,1-3H3,(H,18,19,21)/b20-11+. The predicted octanol–water partition coefficient (Wildman–Crippen LogP) is 3.53. The molecule has 0 aliphatic heterocycles. The molecule has 0 saturated heterocycles. The van der Waals surface area contributed by atoms with Gasteiger partial charge in [-0.05, 0) is 39.0 Å². The molecular formula is C15H16F2N4O. The topological polar surface area (TPSA) is 59.4 Å². The van der Waals surface area contributed by atoms with E-state index in [1.54, 1.807) is 25.1 Å². The molecule has 0 spiro atoms. The largest absolute Gasteiger partial charge is 0.434 e. The molecule has 1 heterocycles. The van der Waals surface area contributed by atoms with Crippen molar-refractivity contribution < 1.29 is 13.5 Å². The second-order valence-corrected chi connectivity index (χ2v) is 4.66. The van der Waals surface area contributed by atoms with Gasteiger partial charge in [0.25, 0.3) is 0 Å². The van der Waals surface area contributed by atoms with Crippen molar-refractivity contribution in [3.05, 3.63) is 47.3 Å². The van der Waals surface area contributed by atoms with Crippen molar-refractivity contribution in [1.29, 1.82) is 0 Å². The molecule has 22 heavy (non-hydrogen) atoms. The number of halogens is 2. The Morgan fingerprint density at radius 1 is 1.18 bits per heavy atom. The number of nitrogens with one attached hydrogen (secondary N) is 1. The first-order valence-corrected chi connectivity index (χ1v) is 6.62. The normalized spacial score (nSPS) is 11.6. The first kappa shape index (κ1) is 15.8. The van der Waals surface area contributed by atoms with Gasteiger partial charge in [0.2, 0.25) is 5.95 Å². The van der Waals surface area contributed by atoms with E-state index in [2.05, 4.69) is 25.2 Å². The van der Waals surface area contributed by atoms with Gasteiger partial charge in [-0.1, -0.05) is 12.1 Å². The lowest BCUT2D eigenvalue weighted by atomic mass is 10.1. The number of alkyl halides is 2. The van der Waals surface area contributed by atoms with Crippen molar-refractivity contribution >= 4 is 11.7 Å². The zero-order valence-electron chi connectivity index (χ0n) is 12.5.